The van der Waals surface area contributed by atoms with E-state index in [1.54, 1.807) is 4.57 Å². The molecule has 0 radical (unpaired) electrons. The van der Waals surface area contributed by atoms with Crippen molar-refractivity contribution >= 4 is 10.0 Å². The molecule has 1 unspecified atom stereocenters. The lowest BCUT2D eigenvalue weighted by molar-refractivity contribution is 0.00676. The number of sulfonamides is 1. The van der Waals surface area contributed by atoms with Crippen LogP contribution in [0.2, 0.25) is 0 Å². The van der Waals surface area contributed by atoms with E-state index in [1.165, 1.54) is 0 Å². The molecule has 2 aliphatic rings. The molecule has 100 valence electrons. The highest BCUT2D eigenvalue weighted by atomic mass is 32.2. The van der Waals surface area contributed by atoms with Crippen LogP contribution in [0.4, 0.5) is 0 Å². The van der Waals surface area contributed by atoms with Gasteiger partial charge in [-0.15, -0.1) is 10.2 Å². The second-order valence-electron chi connectivity index (χ2n) is 4.84. The zero-order valence-electron chi connectivity index (χ0n) is 9.95. The van der Waals surface area contributed by atoms with Crippen LogP contribution in [0, 0.1) is 0 Å². The molecule has 1 aliphatic heterocycles. The second kappa shape index (κ2) is 4.29. The molecular formula is C10H16N4O3S. The van der Waals surface area contributed by atoms with Crippen LogP contribution in [0.25, 0.3) is 0 Å². The summed E-state index contributed by atoms with van der Waals surface area (Å²) < 4.78 is 30.3. The zero-order chi connectivity index (χ0) is 12.8. The Bertz CT molecular complexity index is 543. The van der Waals surface area contributed by atoms with Crippen LogP contribution < -0.4 is 5.14 Å². The van der Waals surface area contributed by atoms with Crippen molar-refractivity contribution in [3.05, 3.63) is 5.82 Å². The van der Waals surface area contributed by atoms with E-state index in [2.05, 4.69) is 10.2 Å². The number of nitrogens with two attached hydrogens (primary N) is 1. The lowest BCUT2D eigenvalue weighted by Gasteiger charge is -2.22. The van der Waals surface area contributed by atoms with Crippen LogP contribution in [-0.2, 0) is 14.8 Å². The number of ether oxygens (including phenoxy) is 1. The number of hydrogen-bond acceptors (Lipinski definition) is 5. The third-order valence-electron chi connectivity index (χ3n) is 3.33. The average molecular weight is 272 g/mol. The van der Waals surface area contributed by atoms with Crippen molar-refractivity contribution in [1.82, 2.24) is 14.8 Å². The van der Waals surface area contributed by atoms with E-state index in [1.807, 2.05) is 0 Å². The summed E-state index contributed by atoms with van der Waals surface area (Å²) in [6, 6.07) is 0.161. The Labute approximate surface area is 105 Å². The summed E-state index contributed by atoms with van der Waals surface area (Å²) in [6.07, 6.45) is 4.70. The Morgan fingerprint density at radius 1 is 1.22 bits per heavy atom. The first-order valence-corrected chi connectivity index (χ1v) is 7.71. The molecule has 2 N–H and O–H groups in total. The van der Waals surface area contributed by atoms with Gasteiger partial charge in [-0.1, -0.05) is 0 Å². The number of aromatic nitrogens is 3. The standard InChI is InChI=1S/C10H16N4O3S/c11-18(15,16)10-13-12-9(14(10)7-4-5-7)8-3-1-2-6-17-8/h7-8H,1-6H2,(H2,11,15,16). The Morgan fingerprint density at radius 3 is 2.56 bits per heavy atom. The summed E-state index contributed by atoms with van der Waals surface area (Å²) in [5.41, 5.74) is 0. The van der Waals surface area contributed by atoms with Crippen molar-refractivity contribution in [2.24, 2.45) is 5.14 Å². The molecule has 7 nitrogen and oxygen atoms in total. The molecule has 0 spiro atoms. The molecule has 3 rings (SSSR count). The molecule has 1 aromatic heterocycles. The van der Waals surface area contributed by atoms with Crippen LogP contribution >= 0.6 is 0 Å². The van der Waals surface area contributed by atoms with Gasteiger partial charge in [-0.05, 0) is 32.1 Å². The minimum Gasteiger partial charge on any atom is -0.370 e. The summed E-state index contributed by atoms with van der Waals surface area (Å²) in [7, 11) is -3.82. The summed E-state index contributed by atoms with van der Waals surface area (Å²) in [5.74, 6) is 0.612. The van der Waals surface area contributed by atoms with Gasteiger partial charge >= 0.3 is 0 Å². The van der Waals surface area contributed by atoms with Crippen LogP contribution in [0.3, 0.4) is 0 Å². The molecule has 1 saturated carbocycles. The van der Waals surface area contributed by atoms with Gasteiger partial charge in [-0.3, -0.25) is 4.57 Å². The van der Waals surface area contributed by atoms with E-state index in [-0.39, 0.29) is 17.3 Å². The van der Waals surface area contributed by atoms with Gasteiger partial charge in [0.05, 0.1) is 0 Å². The first-order chi connectivity index (χ1) is 8.57. The number of hydrogen-bond donors (Lipinski definition) is 1. The van der Waals surface area contributed by atoms with Crippen LogP contribution in [-0.4, -0.2) is 29.8 Å². The van der Waals surface area contributed by atoms with Gasteiger partial charge in [-0.2, -0.15) is 0 Å². The number of rotatable bonds is 3. The summed E-state index contributed by atoms with van der Waals surface area (Å²) >= 11 is 0. The zero-order valence-corrected chi connectivity index (χ0v) is 10.8. The lowest BCUT2D eigenvalue weighted by atomic mass is 10.1. The third kappa shape index (κ3) is 2.15. The fourth-order valence-electron chi connectivity index (χ4n) is 2.32. The molecule has 0 aromatic carbocycles. The molecule has 0 bridgehead atoms. The van der Waals surface area contributed by atoms with Crippen LogP contribution in [0.5, 0.6) is 0 Å². The largest absolute Gasteiger partial charge is 0.370 e. The first kappa shape index (κ1) is 12.1. The van der Waals surface area contributed by atoms with Crippen molar-refractivity contribution in [1.29, 1.82) is 0 Å². The predicted octanol–water partition coefficient (Wildman–Crippen LogP) is 0.502. The monoisotopic (exact) mass is 272 g/mol. The van der Waals surface area contributed by atoms with Crippen LogP contribution in [0.15, 0.2) is 5.16 Å². The Kier molecular flexibility index (Phi) is 2.87. The predicted molar refractivity (Wildman–Crippen MR) is 62.2 cm³/mol. The number of primary sulfonamides is 1. The SMILES string of the molecule is NS(=O)(=O)c1nnc(C2CCCCO2)n1C1CC1. The quantitative estimate of drug-likeness (QED) is 0.863. The van der Waals surface area contributed by atoms with Gasteiger partial charge in [0.1, 0.15) is 6.10 Å². The second-order valence-corrected chi connectivity index (χ2v) is 6.30. The summed E-state index contributed by atoms with van der Waals surface area (Å²) in [5, 5.41) is 12.8. The van der Waals surface area contributed by atoms with Crippen molar-refractivity contribution in [2.75, 3.05) is 6.61 Å². The van der Waals surface area contributed by atoms with Crippen molar-refractivity contribution in [3.63, 3.8) is 0 Å². The molecule has 1 aromatic rings. The fourth-order valence-corrected chi connectivity index (χ4v) is 2.99. The van der Waals surface area contributed by atoms with Crippen LogP contribution in [0.1, 0.15) is 50.1 Å². The minimum atomic E-state index is -3.82. The Balaban J connectivity index is 2.01. The highest BCUT2D eigenvalue weighted by Crippen LogP contribution is 2.40. The normalized spacial score (nSPS) is 25.3. The van der Waals surface area contributed by atoms with E-state index in [0.29, 0.717) is 12.4 Å². The van der Waals surface area contributed by atoms with Gasteiger partial charge in [0.25, 0.3) is 15.2 Å². The number of nitrogens with zero attached hydrogens (tertiary/aromatic N) is 3. The van der Waals surface area contributed by atoms with Crippen molar-refractivity contribution in [3.8, 4) is 0 Å². The first-order valence-electron chi connectivity index (χ1n) is 6.16. The van der Waals surface area contributed by atoms with E-state index < -0.39 is 10.0 Å². The molecule has 1 aliphatic carbocycles. The Morgan fingerprint density at radius 2 is 2.00 bits per heavy atom. The summed E-state index contributed by atoms with van der Waals surface area (Å²) in [4.78, 5) is 0. The highest BCUT2D eigenvalue weighted by Gasteiger charge is 2.36. The molecule has 1 saturated heterocycles. The maximum Gasteiger partial charge on any atom is 0.273 e. The Hall–Kier alpha value is -0.990. The highest BCUT2D eigenvalue weighted by molar-refractivity contribution is 7.89. The van der Waals surface area contributed by atoms with Gasteiger partial charge in [0, 0.05) is 12.6 Å². The lowest BCUT2D eigenvalue weighted by Crippen LogP contribution is -2.21. The van der Waals surface area contributed by atoms with E-state index in [0.717, 1.165) is 32.1 Å². The van der Waals surface area contributed by atoms with Gasteiger partial charge in [0.2, 0.25) is 0 Å². The van der Waals surface area contributed by atoms with Gasteiger partial charge in [0.15, 0.2) is 5.82 Å². The smallest absolute Gasteiger partial charge is 0.273 e. The molecule has 1 atom stereocenters. The average Bonchev–Trinajstić information content (AvgIpc) is 3.07. The fraction of sp³-hybridized carbons (Fsp3) is 0.800. The molecular weight excluding hydrogens is 256 g/mol. The van der Waals surface area contributed by atoms with Gasteiger partial charge in [-0.25, -0.2) is 13.6 Å². The van der Waals surface area contributed by atoms with Crippen molar-refractivity contribution < 1.29 is 13.2 Å². The topological polar surface area (TPSA) is 100 Å². The summed E-state index contributed by atoms with van der Waals surface area (Å²) in [6.45, 7) is 0.687. The van der Waals surface area contributed by atoms with Gasteiger partial charge < -0.3 is 4.74 Å². The molecule has 8 heteroatoms. The molecule has 2 fully saturated rings. The minimum absolute atomic E-state index is 0.130. The maximum absolute atomic E-state index is 11.5. The van der Waals surface area contributed by atoms with E-state index in [4.69, 9.17) is 9.88 Å². The van der Waals surface area contributed by atoms with Crippen molar-refractivity contribution in [2.45, 2.75) is 49.4 Å². The van der Waals surface area contributed by atoms with E-state index >= 15 is 0 Å². The molecule has 0 amide bonds. The molecule has 18 heavy (non-hydrogen) atoms. The molecule has 2 heterocycles. The maximum atomic E-state index is 11.5. The third-order valence-corrected chi connectivity index (χ3v) is 4.11. The van der Waals surface area contributed by atoms with E-state index in [9.17, 15) is 8.42 Å².